The summed E-state index contributed by atoms with van der Waals surface area (Å²) in [5.74, 6) is -0.222. The fourth-order valence-corrected chi connectivity index (χ4v) is 3.47. The van der Waals surface area contributed by atoms with Crippen LogP contribution in [0.2, 0.25) is 0 Å². The van der Waals surface area contributed by atoms with Gasteiger partial charge in [-0.15, -0.1) is 11.3 Å². The Morgan fingerprint density at radius 3 is 3.00 bits per heavy atom. The number of likely N-dealkylation sites (tertiary alicyclic amines) is 1. The molecule has 0 aliphatic carbocycles. The number of piperidine rings is 1. The van der Waals surface area contributed by atoms with E-state index in [-0.39, 0.29) is 5.91 Å². The van der Waals surface area contributed by atoms with Gasteiger partial charge >= 0.3 is 0 Å². The molecule has 0 radical (unpaired) electrons. The summed E-state index contributed by atoms with van der Waals surface area (Å²) in [6.45, 7) is 3.13. The van der Waals surface area contributed by atoms with Gasteiger partial charge in [-0.3, -0.25) is 15.0 Å². The van der Waals surface area contributed by atoms with Crippen LogP contribution < -0.4 is 5.32 Å². The number of carbonyl (C=O) groups is 1. The molecule has 3 heterocycles. The van der Waals surface area contributed by atoms with Gasteiger partial charge in [-0.2, -0.15) is 0 Å². The Morgan fingerprint density at radius 1 is 1.41 bits per heavy atom. The number of aromatic nitrogens is 2. The van der Waals surface area contributed by atoms with E-state index in [1.54, 1.807) is 18.3 Å². The smallest absolute Gasteiger partial charge is 0.260 e. The number of carbonyl (C=O) groups excluding carboxylic acids is 1. The molecular weight excluding hydrogens is 316 g/mol. The van der Waals surface area contributed by atoms with Crippen molar-refractivity contribution >= 4 is 34.6 Å². The normalized spacial score (nSPS) is 15.6. The quantitative estimate of drug-likeness (QED) is 0.841. The van der Waals surface area contributed by atoms with E-state index in [0.717, 1.165) is 25.3 Å². The van der Waals surface area contributed by atoms with Gasteiger partial charge in [-0.25, -0.2) is 4.98 Å². The van der Waals surface area contributed by atoms with E-state index < -0.39 is 0 Å². The zero-order valence-corrected chi connectivity index (χ0v) is 13.8. The largest absolute Gasteiger partial charge is 0.352 e. The van der Waals surface area contributed by atoms with Gasteiger partial charge in [0.1, 0.15) is 4.64 Å². The van der Waals surface area contributed by atoms with Crippen LogP contribution in [-0.2, 0) is 6.54 Å². The molecule has 0 bridgehead atoms. The van der Waals surface area contributed by atoms with Crippen molar-refractivity contribution in [1.82, 2.24) is 14.9 Å². The van der Waals surface area contributed by atoms with Gasteiger partial charge in [0.05, 0.1) is 11.3 Å². The lowest BCUT2D eigenvalue weighted by atomic mass is 10.1. The highest BCUT2D eigenvalue weighted by molar-refractivity contribution is 7.71. The zero-order valence-electron chi connectivity index (χ0n) is 12.2. The molecule has 7 heteroatoms. The fourth-order valence-electron chi connectivity index (χ4n) is 2.55. The summed E-state index contributed by atoms with van der Waals surface area (Å²) in [4.78, 5) is 22.0. The molecule has 1 aliphatic heterocycles. The fraction of sp³-hybridized carbons (Fsp3) is 0.400. The molecule has 2 N–H and O–H groups in total. The molecule has 1 fully saturated rings. The highest BCUT2D eigenvalue weighted by atomic mass is 32.1. The van der Waals surface area contributed by atoms with E-state index in [1.165, 1.54) is 30.6 Å². The number of hydrogen-bond acceptors (Lipinski definition) is 5. The summed E-state index contributed by atoms with van der Waals surface area (Å²) in [5.41, 5.74) is 1.48. The van der Waals surface area contributed by atoms with Crippen LogP contribution >= 0.6 is 23.6 Å². The summed E-state index contributed by atoms with van der Waals surface area (Å²) in [7, 11) is 0. The van der Waals surface area contributed by atoms with Crippen molar-refractivity contribution in [2.45, 2.75) is 25.8 Å². The lowest BCUT2D eigenvalue weighted by Gasteiger charge is -2.25. The first-order valence-corrected chi connectivity index (χ1v) is 8.67. The Labute approximate surface area is 138 Å². The number of anilines is 1. The minimum absolute atomic E-state index is 0.222. The van der Waals surface area contributed by atoms with Crippen LogP contribution in [-0.4, -0.2) is 33.9 Å². The molecule has 0 unspecified atom stereocenters. The number of H-pyrrole nitrogens is 1. The molecule has 2 aromatic rings. The number of thiazole rings is 1. The first-order chi connectivity index (χ1) is 10.7. The molecule has 1 amide bonds. The van der Waals surface area contributed by atoms with E-state index in [9.17, 15) is 4.79 Å². The summed E-state index contributed by atoms with van der Waals surface area (Å²) in [6, 6.07) is 3.46. The van der Waals surface area contributed by atoms with Crippen LogP contribution in [0.15, 0.2) is 23.7 Å². The topological polar surface area (TPSA) is 61.0 Å². The van der Waals surface area contributed by atoms with Crippen LogP contribution in [0.1, 0.15) is 35.3 Å². The Kier molecular flexibility index (Phi) is 4.97. The molecule has 0 spiro atoms. The minimum atomic E-state index is -0.222. The number of nitrogens with zero attached hydrogens (tertiary/aromatic N) is 2. The number of nitrogens with one attached hydrogen (secondary N) is 2. The number of amides is 1. The maximum atomic E-state index is 12.2. The summed E-state index contributed by atoms with van der Waals surface area (Å²) in [6.07, 6.45) is 5.56. The molecule has 0 saturated carbocycles. The molecule has 116 valence electrons. The van der Waals surface area contributed by atoms with Crippen LogP contribution in [0, 0.1) is 4.64 Å². The number of rotatable bonds is 4. The van der Waals surface area contributed by atoms with Gasteiger partial charge < -0.3 is 4.98 Å². The van der Waals surface area contributed by atoms with Crippen LogP contribution in [0.5, 0.6) is 0 Å². The average Bonchev–Trinajstić information content (AvgIpc) is 2.95. The monoisotopic (exact) mass is 334 g/mol. The number of pyridine rings is 1. The third kappa shape index (κ3) is 3.79. The summed E-state index contributed by atoms with van der Waals surface area (Å²) >= 11 is 6.57. The predicted octanol–water partition coefficient (Wildman–Crippen LogP) is 3.44. The van der Waals surface area contributed by atoms with Gasteiger partial charge in [0, 0.05) is 18.1 Å². The SMILES string of the molecule is O=C(Nc1nc(CN2CCCCC2)cs1)c1ccc[nH]c1=S. The van der Waals surface area contributed by atoms with E-state index in [1.807, 2.05) is 5.38 Å². The van der Waals surface area contributed by atoms with Crippen LogP contribution in [0.4, 0.5) is 5.13 Å². The molecule has 2 aromatic heterocycles. The molecule has 5 nitrogen and oxygen atoms in total. The molecule has 0 atom stereocenters. The molecule has 3 rings (SSSR count). The highest BCUT2D eigenvalue weighted by Crippen LogP contribution is 2.19. The Hall–Kier alpha value is -1.57. The van der Waals surface area contributed by atoms with Crippen LogP contribution in [0.25, 0.3) is 0 Å². The van der Waals surface area contributed by atoms with Crippen molar-refractivity contribution in [3.8, 4) is 0 Å². The maximum absolute atomic E-state index is 12.2. The third-order valence-electron chi connectivity index (χ3n) is 3.67. The van der Waals surface area contributed by atoms with Gasteiger partial charge in [0.2, 0.25) is 0 Å². The standard InChI is InChI=1S/C15H18N4OS2/c20-13(12-5-4-6-16-14(12)21)18-15-17-11(10-22-15)9-19-7-2-1-3-8-19/h4-6,10H,1-3,7-9H2,(H,16,21)(H,17,18,20). The summed E-state index contributed by atoms with van der Waals surface area (Å²) in [5, 5.41) is 5.45. The first kappa shape index (κ1) is 15.3. The lowest BCUT2D eigenvalue weighted by Crippen LogP contribution is -2.29. The highest BCUT2D eigenvalue weighted by Gasteiger charge is 2.14. The van der Waals surface area contributed by atoms with Crippen molar-refractivity contribution in [3.63, 3.8) is 0 Å². The van der Waals surface area contributed by atoms with Gasteiger partial charge in [0.15, 0.2) is 5.13 Å². The van der Waals surface area contributed by atoms with Crippen molar-refractivity contribution in [3.05, 3.63) is 39.6 Å². The first-order valence-electron chi connectivity index (χ1n) is 7.38. The molecule has 0 aromatic carbocycles. The zero-order chi connectivity index (χ0) is 15.4. The van der Waals surface area contributed by atoms with E-state index in [2.05, 4.69) is 20.2 Å². The van der Waals surface area contributed by atoms with Gasteiger partial charge in [0.25, 0.3) is 5.91 Å². The second-order valence-corrected chi connectivity index (χ2v) is 6.61. The maximum Gasteiger partial charge on any atom is 0.260 e. The van der Waals surface area contributed by atoms with Crippen LogP contribution in [0.3, 0.4) is 0 Å². The van der Waals surface area contributed by atoms with Gasteiger partial charge in [-0.1, -0.05) is 18.6 Å². The average molecular weight is 334 g/mol. The minimum Gasteiger partial charge on any atom is -0.352 e. The predicted molar refractivity (Wildman–Crippen MR) is 90.8 cm³/mol. The van der Waals surface area contributed by atoms with Gasteiger partial charge in [-0.05, 0) is 38.1 Å². The molecule has 1 saturated heterocycles. The van der Waals surface area contributed by atoms with E-state index >= 15 is 0 Å². The summed E-state index contributed by atoms with van der Waals surface area (Å²) < 4.78 is 0.435. The Morgan fingerprint density at radius 2 is 2.23 bits per heavy atom. The van der Waals surface area contributed by atoms with Crippen molar-refractivity contribution < 1.29 is 4.79 Å². The number of aromatic amines is 1. The van der Waals surface area contributed by atoms with Crippen molar-refractivity contribution in [2.24, 2.45) is 0 Å². The van der Waals surface area contributed by atoms with Crippen molar-refractivity contribution in [1.29, 1.82) is 0 Å². The molecule has 22 heavy (non-hydrogen) atoms. The van der Waals surface area contributed by atoms with E-state index in [4.69, 9.17) is 12.2 Å². The third-order valence-corrected chi connectivity index (χ3v) is 4.81. The second-order valence-electron chi connectivity index (χ2n) is 5.35. The second kappa shape index (κ2) is 7.13. The molecular formula is C15H18N4OS2. The van der Waals surface area contributed by atoms with Crippen molar-refractivity contribution in [2.75, 3.05) is 18.4 Å². The van der Waals surface area contributed by atoms with E-state index in [0.29, 0.717) is 15.3 Å². The Balaban J connectivity index is 1.63. The Bertz CT molecular complexity index is 703. The number of hydrogen-bond donors (Lipinski definition) is 2. The lowest BCUT2D eigenvalue weighted by molar-refractivity contribution is 0.102. The molecule has 1 aliphatic rings.